The molecule has 4 nitrogen and oxygen atoms in total. The lowest BCUT2D eigenvalue weighted by Gasteiger charge is -2.16. The van der Waals surface area contributed by atoms with Crippen LogP contribution in [-0.4, -0.2) is 34.0 Å². The lowest BCUT2D eigenvalue weighted by atomic mass is 10.1. The molecule has 0 aliphatic heterocycles. The monoisotopic (exact) mass is 253 g/mol. The van der Waals surface area contributed by atoms with E-state index in [0.717, 1.165) is 36.6 Å². The van der Waals surface area contributed by atoms with Crippen LogP contribution in [0.25, 0.3) is 0 Å². The zero-order valence-electron chi connectivity index (χ0n) is 11.7. The minimum Gasteiger partial charge on any atom is -0.497 e. The molecule has 0 amide bonds. The van der Waals surface area contributed by atoms with E-state index in [1.807, 2.05) is 18.2 Å². The lowest BCUT2D eigenvalue weighted by molar-refractivity contribution is 0.164. The highest BCUT2D eigenvalue weighted by atomic mass is 16.5. The minimum atomic E-state index is 0.368. The summed E-state index contributed by atoms with van der Waals surface area (Å²) in [6.45, 7) is 3.63. The van der Waals surface area contributed by atoms with Crippen molar-refractivity contribution in [2.75, 3.05) is 27.9 Å². The molecule has 1 rings (SSSR count). The molecule has 0 aliphatic rings. The Kier molecular flexibility index (Phi) is 6.54. The Hall–Kier alpha value is -1.26. The van der Waals surface area contributed by atoms with Crippen molar-refractivity contribution in [1.82, 2.24) is 5.32 Å². The van der Waals surface area contributed by atoms with Crippen LogP contribution in [0.15, 0.2) is 18.2 Å². The number of hydrogen-bond acceptors (Lipinski definition) is 4. The van der Waals surface area contributed by atoms with Crippen LogP contribution in [0, 0.1) is 0 Å². The van der Waals surface area contributed by atoms with Gasteiger partial charge in [0.25, 0.3) is 0 Å². The van der Waals surface area contributed by atoms with E-state index in [4.69, 9.17) is 14.2 Å². The zero-order valence-corrected chi connectivity index (χ0v) is 11.7. The maximum Gasteiger partial charge on any atom is 0.122 e. The molecule has 1 N–H and O–H groups in total. The summed E-state index contributed by atoms with van der Waals surface area (Å²) in [5.41, 5.74) is 1.14. The lowest BCUT2D eigenvalue weighted by Crippen LogP contribution is -2.32. The Morgan fingerprint density at radius 1 is 1.06 bits per heavy atom. The second-order valence-corrected chi connectivity index (χ2v) is 4.16. The van der Waals surface area contributed by atoms with Crippen molar-refractivity contribution in [3.05, 3.63) is 23.8 Å². The number of methoxy groups -OCH3 is 3. The van der Waals surface area contributed by atoms with Gasteiger partial charge in [0.2, 0.25) is 0 Å². The fourth-order valence-corrected chi connectivity index (χ4v) is 1.75. The molecule has 0 aliphatic carbocycles. The maximum atomic E-state index is 5.25. The first-order chi connectivity index (χ1) is 8.73. The van der Waals surface area contributed by atoms with Gasteiger partial charge in [0, 0.05) is 25.8 Å². The fraction of sp³-hybridized carbons (Fsp3) is 0.571. The van der Waals surface area contributed by atoms with Crippen LogP contribution in [0.1, 0.15) is 18.9 Å². The van der Waals surface area contributed by atoms with Crippen LogP contribution in [0.3, 0.4) is 0 Å². The highest BCUT2D eigenvalue weighted by molar-refractivity contribution is 5.38. The molecule has 0 aromatic heterocycles. The Labute approximate surface area is 109 Å². The van der Waals surface area contributed by atoms with Gasteiger partial charge in [0.1, 0.15) is 11.5 Å². The summed E-state index contributed by atoms with van der Waals surface area (Å²) in [5, 5.41) is 3.45. The van der Waals surface area contributed by atoms with Crippen molar-refractivity contribution >= 4 is 0 Å². The summed E-state index contributed by atoms with van der Waals surface area (Å²) >= 11 is 0. The molecule has 1 aromatic rings. The quantitative estimate of drug-likeness (QED) is 0.771. The third kappa shape index (κ3) is 4.55. The van der Waals surface area contributed by atoms with Crippen molar-refractivity contribution < 1.29 is 14.2 Å². The summed E-state index contributed by atoms with van der Waals surface area (Å²) in [5.74, 6) is 1.62. The van der Waals surface area contributed by atoms with Crippen molar-refractivity contribution in [3.63, 3.8) is 0 Å². The Bertz CT molecular complexity index is 333. The molecule has 1 atom stereocenters. The molecule has 0 fully saturated rings. The molecular formula is C14H23NO3. The van der Waals surface area contributed by atoms with Gasteiger partial charge in [-0.05, 0) is 24.1 Å². The van der Waals surface area contributed by atoms with E-state index in [2.05, 4.69) is 12.2 Å². The first-order valence-electron chi connectivity index (χ1n) is 6.17. The SMILES string of the molecule is CCC(COC)NCc1cc(OC)cc(OC)c1. The van der Waals surface area contributed by atoms with Crippen molar-refractivity contribution in [2.45, 2.75) is 25.9 Å². The molecule has 1 aromatic carbocycles. The molecule has 0 heterocycles. The number of benzene rings is 1. The van der Waals surface area contributed by atoms with Gasteiger partial charge in [-0.15, -0.1) is 0 Å². The minimum absolute atomic E-state index is 0.368. The summed E-state index contributed by atoms with van der Waals surface area (Å²) in [6, 6.07) is 6.26. The number of nitrogens with one attached hydrogen (secondary N) is 1. The molecular weight excluding hydrogens is 230 g/mol. The van der Waals surface area contributed by atoms with Crippen LogP contribution in [-0.2, 0) is 11.3 Å². The third-order valence-electron chi connectivity index (χ3n) is 2.87. The molecule has 0 saturated carbocycles. The fourth-order valence-electron chi connectivity index (χ4n) is 1.75. The highest BCUT2D eigenvalue weighted by Gasteiger charge is 2.06. The summed E-state index contributed by atoms with van der Waals surface area (Å²) in [7, 11) is 5.04. The second-order valence-electron chi connectivity index (χ2n) is 4.16. The predicted molar refractivity (Wildman–Crippen MR) is 72.3 cm³/mol. The van der Waals surface area contributed by atoms with E-state index in [1.54, 1.807) is 21.3 Å². The van der Waals surface area contributed by atoms with E-state index in [0.29, 0.717) is 6.04 Å². The van der Waals surface area contributed by atoms with Gasteiger partial charge in [-0.25, -0.2) is 0 Å². The molecule has 0 saturated heterocycles. The van der Waals surface area contributed by atoms with Crippen molar-refractivity contribution in [1.29, 1.82) is 0 Å². The Morgan fingerprint density at radius 3 is 2.11 bits per heavy atom. The Morgan fingerprint density at radius 2 is 1.67 bits per heavy atom. The van der Waals surface area contributed by atoms with Gasteiger partial charge in [-0.1, -0.05) is 6.92 Å². The molecule has 0 bridgehead atoms. The van der Waals surface area contributed by atoms with Crippen LogP contribution >= 0.6 is 0 Å². The average Bonchev–Trinajstić information content (AvgIpc) is 2.42. The van der Waals surface area contributed by atoms with Gasteiger partial charge in [0.05, 0.1) is 20.8 Å². The van der Waals surface area contributed by atoms with Gasteiger partial charge < -0.3 is 19.5 Å². The first kappa shape index (κ1) is 14.8. The van der Waals surface area contributed by atoms with Crippen LogP contribution in [0.4, 0.5) is 0 Å². The first-order valence-corrected chi connectivity index (χ1v) is 6.17. The molecule has 1 unspecified atom stereocenters. The maximum absolute atomic E-state index is 5.25. The molecule has 4 heteroatoms. The number of rotatable bonds is 8. The normalized spacial score (nSPS) is 12.2. The standard InChI is InChI=1S/C14H23NO3/c1-5-12(10-16-2)15-9-11-6-13(17-3)8-14(7-11)18-4/h6-8,12,15H,5,9-10H2,1-4H3. The molecule has 18 heavy (non-hydrogen) atoms. The predicted octanol–water partition coefficient (Wildman–Crippen LogP) is 2.22. The molecule has 0 spiro atoms. The summed E-state index contributed by atoms with van der Waals surface area (Å²) in [4.78, 5) is 0. The van der Waals surface area contributed by atoms with Gasteiger partial charge >= 0.3 is 0 Å². The topological polar surface area (TPSA) is 39.7 Å². The highest BCUT2D eigenvalue weighted by Crippen LogP contribution is 2.22. The number of ether oxygens (including phenoxy) is 3. The zero-order chi connectivity index (χ0) is 13.4. The Balaban J connectivity index is 2.65. The summed E-state index contributed by atoms with van der Waals surface area (Å²) < 4.78 is 15.7. The summed E-state index contributed by atoms with van der Waals surface area (Å²) in [6.07, 6.45) is 1.04. The van der Waals surface area contributed by atoms with Crippen LogP contribution < -0.4 is 14.8 Å². The molecule has 102 valence electrons. The van der Waals surface area contributed by atoms with Gasteiger partial charge in [-0.2, -0.15) is 0 Å². The van der Waals surface area contributed by atoms with Gasteiger partial charge in [-0.3, -0.25) is 0 Å². The molecule has 0 radical (unpaired) electrons. The average molecular weight is 253 g/mol. The van der Waals surface area contributed by atoms with E-state index < -0.39 is 0 Å². The third-order valence-corrected chi connectivity index (χ3v) is 2.87. The van der Waals surface area contributed by atoms with Gasteiger partial charge in [0.15, 0.2) is 0 Å². The van der Waals surface area contributed by atoms with E-state index in [-0.39, 0.29) is 0 Å². The van der Waals surface area contributed by atoms with Crippen molar-refractivity contribution in [3.8, 4) is 11.5 Å². The van der Waals surface area contributed by atoms with Crippen molar-refractivity contribution in [2.24, 2.45) is 0 Å². The van der Waals surface area contributed by atoms with E-state index >= 15 is 0 Å². The van der Waals surface area contributed by atoms with E-state index in [1.165, 1.54) is 0 Å². The van der Waals surface area contributed by atoms with Crippen LogP contribution in [0.2, 0.25) is 0 Å². The largest absolute Gasteiger partial charge is 0.497 e. The van der Waals surface area contributed by atoms with Crippen LogP contribution in [0.5, 0.6) is 11.5 Å². The smallest absolute Gasteiger partial charge is 0.122 e. The second kappa shape index (κ2) is 7.95. The van der Waals surface area contributed by atoms with E-state index in [9.17, 15) is 0 Å². The number of hydrogen-bond donors (Lipinski definition) is 1.